The van der Waals surface area contributed by atoms with Gasteiger partial charge >= 0.3 is 0 Å². The normalized spacial score (nSPS) is 16.9. The van der Waals surface area contributed by atoms with Crippen LogP contribution in [0.3, 0.4) is 0 Å². The number of hydrogen-bond acceptors (Lipinski definition) is 3. The molecule has 102 valence electrons. The minimum absolute atomic E-state index is 0.119. The molecule has 0 aliphatic heterocycles. The zero-order valence-electron chi connectivity index (χ0n) is 11.5. The van der Waals surface area contributed by atoms with Gasteiger partial charge in [0.15, 0.2) is 5.78 Å². The summed E-state index contributed by atoms with van der Waals surface area (Å²) >= 11 is 0. The summed E-state index contributed by atoms with van der Waals surface area (Å²) in [6.07, 6.45) is 5.27. The van der Waals surface area contributed by atoms with E-state index in [1.165, 1.54) is 5.56 Å². The molecule has 4 rings (SSSR count). The van der Waals surface area contributed by atoms with Gasteiger partial charge in [-0.25, -0.2) is 0 Å². The molecule has 3 aromatic rings. The van der Waals surface area contributed by atoms with Crippen LogP contribution in [0, 0.1) is 0 Å². The maximum atomic E-state index is 13.0. The van der Waals surface area contributed by atoms with E-state index in [0.29, 0.717) is 0 Å². The Hall–Kier alpha value is -2.55. The third kappa shape index (κ3) is 1.93. The molecule has 3 nitrogen and oxygen atoms in total. The lowest BCUT2D eigenvalue weighted by Crippen LogP contribution is -2.12. The summed E-state index contributed by atoms with van der Waals surface area (Å²) in [7, 11) is 0. The number of carbonyl (C=O) groups is 1. The lowest BCUT2D eigenvalue weighted by molar-refractivity contribution is 0.0959. The molecule has 0 radical (unpaired) electrons. The first kappa shape index (κ1) is 12.2. The monoisotopic (exact) mass is 274 g/mol. The molecule has 1 unspecified atom stereocenters. The Balaban J connectivity index is 1.82. The highest BCUT2D eigenvalue weighted by molar-refractivity contribution is 6.10. The SMILES string of the molecule is O=C(c1ccnc2ccccc12)C1CCc2cccnc21. The lowest BCUT2D eigenvalue weighted by atomic mass is 9.93. The molecule has 1 atom stereocenters. The molecule has 2 heterocycles. The Morgan fingerprint density at radius 2 is 1.90 bits per heavy atom. The first-order chi connectivity index (χ1) is 10.3. The van der Waals surface area contributed by atoms with Gasteiger partial charge in [-0.3, -0.25) is 14.8 Å². The summed E-state index contributed by atoms with van der Waals surface area (Å²) in [6, 6.07) is 13.6. The molecule has 0 saturated carbocycles. The van der Waals surface area contributed by atoms with Gasteiger partial charge in [0, 0.05) is 23.3 Å². The largest absolute Gasteiger partial charge is 0.293 e. The van der Waals surface area contributed by atoms with E-state index in [4.69, 9.17) is 0 Å². The van der Waals surface area contributed by atoms with Crippen molar-refractivity contribution < 1.29 is 4.79 Å². The number of fused-ring (bicyclic) bond motifs is 2. The number of nitrogens with zero attached hydrogens (tertiary/aromatic N) is 2. The van der Waals surface area contributed by atoms with Gasteiger partial charge in [0.05, 0.1) is 17.1 Å². The van der Waals surface area contributed by atoms with Crippen molar-refractivity contribution in [3.05, 3.63) is 71.7 Å². The first-order valence-electron chi connectivity index (χ1n) is 7.16. The third-order valence-electron chi connectivity index (χ3n) is 4.19. The van der Waals surface area contributed by atoms with Gasteiger partial charge in [0.2, 0.25) is 0 Å². The van der Waals surface area contributed by atoms with Gasteiger partial charge in [0.25, 0.3) is 0 Å². The summed E-state index contributed by atoms with van der Waals surface area (Å²) in [5.74, 6) is 0.0399. The van der Waals surface area contributed by atoms with Crippen LogP contribution in [0.2, 0.25) is 0 Å². The van der Waals surface area contributed by atoms with Crippen LogP contribution in [-0.4, -0.2) is 15.8 Å². The zero-order chi connectivity index (χ0) is 14.2. The van der Waals surface area contributed by atoms with Crippen LogP contribution >= 0.6 is 0 Å². The molecule has 2 aromatic heterocycles. The summed E-state index contributed by atoms with van der Waals surface area (Å²) in [4.78, 5) is 21.7. The summed E-state index contributed by atoms with van der Waals surface area (Å²) in [5, 5.41) is 0.925. The number of hydrogen-bond donors (Lipinski definition) is 0. The molecule has 3 heteroatoms. The molecule has 0 spiro atoms. The minimum Gasteiger partial charge on any atom is -0.293 e. The smallest absolute Gasteiger partial charge is 0.172 e. The standard InChI is InChI=1S/C18H14N2O/c21-18(15-8-7-12-4-3-10-20-17(12)15)14-9-11-19-16-6-2-1-5-13(14)16/h1-6,9-11,15H,7-8H2. The fourth-order valence-corrected chi connectivity index (χ4v) is 3.17. The quantitative estimate of drug-likeness (QED) is 0.671. The summed E-state index contributed by atoms with van der Waals surface area (Å²) in [5.41, 5.74) is 3.77. The predicted molar refractivity (Wildman–Crippen MR) is 81.4 cm³/mol. The number of aromatic nitrogens is 2. The second-order valence-electron chi connectivity index (χ2n) is 5.38. The van der Waals surface area contributed by atoms with E-state index in [1.54, 1.807) is 12.4 Å². The molecular weight excluding hydrogens is 260 g/mol. The highest BCUT2D eigenvalue weighted by Gasteiger charge is 2.31. The van der Waals surface area contributed by atoms with Crippen molar-refractivity contribution in [3.8, 4) is 0 Å². The zero-order valence-corrected chi connectivity index (χ0v) is 11.5. The molecule has 1 aliphatic rings. The Morgan fingerprint density at radius 3 is 2.86 bits per heavy atom. The van der Waals surface area contributed by atoms with Crippen LogP contribution in [0.1, 0.15) is 34.0 Å². The van der Waals surface area contributed by atoms with E-state index in [-0.39, 0.29) is 11.7 Å². The molecular formula is C18H14N2O. The van der Waals surface area contributed by atoms with E-state index in [1.807, 2.05) is 36.4 Å². The average Bonchev–Trinajstić information content (AvgIpc) is 2.98. The Labute approximate surface area is 122 Å². The molecule has 1 aromatic carbocycles. The van der Waals surface area contributed by atoms with E-state index in [9.17, 15) is 4.79 Å². The number of benzene rings is 1. The van der Waals surface area contributed by atoms with E-state index in [2.05, 4.69) is 16.0 Å². The molecule has 0 fully saturated rings. The van der Waals surface area contributed by atoms with Crippen LogP contribution in [-0.2, 0) is 6.42 Å². The van der Waals surface area contributed by atoms with Crippen molar-refractivity contribution in [2.24, 2.45) is 0 Å². The number of pyridine rings is 2. The molecule has 0 bridgehead atoms. The number of ketones is 1. The molecule has 0 saturated heterocycles. The Kier molecular flexibility index (Phi) is 2.78. The van der Waals surface area contributed by atoms with Crippen LogP contribution in [0.5, 0.6) is 0 Å². The number of para-hydroxylation sites is 1. The number of Topliss-reactive ketones (excluding diaryl/α,β-unsaturated/α-hetero) is 1. The van der Waals surface area contributed by atoms with Crippen LogP contribution < -0.4 is 0 Å². The van der Waals surface area contributed by atoms with Crippen molar-refractivity contribution in [1.82, 2.24) is 9.97 Å². The highest BCUT2D eigenvalue weighted by Crippen LogP contribution is 2.34. The Morgan fingerprint density at radius 1 is 1.00 bits per heavy atom. The molecule has 21 heavy (non-hydrogen) atoms. The fourth-order valence-electron chi connectivity index (χ4n) is 3.17. The van der Waals surface area contributed by atoms with Gasteiger partial charge in [-0.2, -0.15) is 0 Å². The van der Waals surface area contributed by atoms with Crippen molar-refractivity contribution in [2.45, 2.75) is 18.8 Å². The molecule has 1 aliphatic carbocycles. The van der Waals surface area contributed by atoms with Gasteiger partial charge in [0.1, 0.15) is 0 Å². The minimum atomic E-state index is -0.119. The van der Waals surface area contributed by atoms with Crippen molar-refractivity contribution in [1.29, 1.82) is 0 Å². The predicted octanol–water partition coefficient (Wildman–Crippen LogP) is 3.54. The van der Waals surface area contributed by atoms with Crippen LogP contribution in [0.4, 0.5) is 0 Å². The van der Waals surface area contributed by atoms with Crippen molar-refractivity contribution >= 4 is 16.7 Å². The Bertz CT molecular complexity index is 836. The van der Waals surface area contributed by atoms with E-state index < -0.39 is 0 Å². The molecule has 0 amide bonds. The van der Waals surface area contributed by atoms with Crippen molar-refractivity contribution in [3.63, 3.8) is 0 Å². The number of aryl methyl sites for hydroxylation is 1. The number of rotatable bonds is 2. The summed E-state index contributed by atoms with van der Waals surface area (Å²) in [6.45, 7) is 0. The molecule has 0 N–H and O–H groups in total. The van der Waals surface area contributed by atoms with Gasteiger partial charge in [-0.1, -0.05) is 24.3 Å². The summed E-state index contributed by atoms with van der Waals surface area (Å²) < 4.78 is 0. The van der Waals surface area contributed by atoms with E-state index >= 15 is 0 Å². The maximum absolute atomic E-state index is 13.0. The second kappa shape index (κ2) is 4.77. The topological polar surface area (TPSA) is 42.9 Å². The highest BCUT2D eigenvalue weighted by atomic mass is 16.1. The first-order valence-corrected chi connectivity index (χ1v) is 7.16. The van der Waals surface area contributed by atoms with Crippen LogP contribution in [0.25, 0.3) is 10.9 Å². The van der Waals surface area contributed by atoms with Gasteiger partial charge in [-0.05, 0) is 36.6 Å². The van der Waals surface area contributed by atoms with E-state index in [0.717, 1.165) is 35.0 Å². The number of carbonyl (C=O) groups excluding carboxylic acids is 1. The lowest BCUT2D eigenvalue weighted by Gasteiger charge is -2.11. The van der Waals surface area contributed by atoms with Gasteiger partial charge < -0.3 is 0 Å². The fraction of sp³-hybridized carbons (Fsp3) is 0.167. The van der Waals surface area contributed by atoms with Crippen LogP contribution in [0.15, 0.2) is 54.9 Å². The second-order valence-corrected chi connectivity index (χ2v) is 5.38. The van der Waals surface area contributed by atoms with Crippen molar-refractivity contribution in [2.75, 3.05) is 0 Å². The maximum Gasteiger partial charge on any atom is 0.172 e. The van der Waals surface area contributed by atoms with Gasteiger partial charge in [-0.15, -0.1) is 0 Å². The average molecular weight is 274 g/mol. The third-order valence-corrected chi connectivity index (χ3v) is 4.19.